The number of carbonyl (C=O) groups excluding carboxylic acids is 1. The lowest BCUT2D eigenvalue weighted by Gasteiger charge is -2.19. The van der Waals surface area contributed by atoms with Crippen molar-refractivity contribution in [2.75, 3.05) is 6.54 Å². The number of carbonyl (C=O) groups is 1. The normalized spacial score (nSPS) is 12.6. The number of halogens is 1. The summed E-state index contributed by atoms with van der Waals surface area (Å²) in [6.07, 6.45) is 0.748. The summed E-state index contributed by atoms with van der Waals surface area (Å²) >= 11 is 0. The van der Waals surface area contributed by atoms with Gasteiger partial charge in [-0.15, -0.1) is 0 Å². The number of H-pyrrole nitrogens is 1. The average molecular weight is 305 g/mol. The van der Waals surface area contributed by atoms with Gasteiger partial charge in [0.1, 0.15) is 5.82 Å². The summed E-state index contributed by atoms with van der Waals surface area (Å²) in [5.41, 5.74) is 5.75. The average Bonchev–Trinajstić information content (AvgIpc) is 2.44. The molecular formula is C16H20FN3O2. The van der Waals surface area contributed by atoms with Crippen LogP contribution in [0.1, 0.15) is 30.6 Å². The third-order valence-corrected chi connectivity index (χ3v) is 3.43. The Morgan fingerprint density at radius 2 is 2.09 bits per heavy atom. The molecule has 4 N–H and O–H groups in total. The third kappa shape index (κ3) is 3.71. The van der Waals surface area contributed by atoms with Crippen molar-refractivity contribution in [1.82, 2.24) is 10.3 Å². The molecule has 1 aromatic carbocycles. The molecule has 1 aromatic heterocycles. The highest BCUT2D eigenvalue weighted by Crippen LogP contribution is 2.16. The SMILES string of the molecule is CC(C)CC(CN)NC(=O)c1cc(=O)[nH]c2cc(F)ccc12. The predicted molar refractivity (Wildman–Crippen MR) is 84.3 cm³/mol. The van der Waals surface area contributed by atoms with Crippen LogP contribution in [0.3, 0.4) is 0 Å². The molecule has 0 aliphatic heterocycles. The zero-order valence-electron chi connectivity index (χ0n) is 12.7. The van der Waals surface area contributed by atoms with E-state index in [0.717, 1.165) is 6.42 Å². The molecule has 1 atom stereocenters. The van der Waals surface area contributed by atoms with E-state index in [1.54, 1.807) is 0 Å². The Bertz CT molecular complexity index is 740. The van der Waals surface area contributed by atoms with E-state index in [-0.39, 0.29) is 17.5 Å². The molecule has 0 spiro atoms. The monoisotopic (exact) mass is 305 g/mol. The molecule has 0 radical (unpaired) electrons. The van der Waals surface area contributed by atoms with E-state index >= 15 is 0 Å². The number of hydrogen-bond donors (Lipinski definition) is 3. The Morgan fingerprint density at radius 1 is 1.36 bits per heavy atom. The summed E-state index contributed by atoms with van der Waals surface area (Å²) in [5, 5.41) is 3.34. The summed E-state index contributed by atoms with van der Waals surface area (Å²) < 4.78 is 13.3. The van der Waals surface area contributed by atoms with Crippen molar-refractivity contribution < 1.29 is 9.18 Å². The molecule has 1 amide bonds. The maximum Gasteiger partial charge on any atom is 0.252 e. The number of rotatable bonds is 5. The van der Waals surface area contributed by atoms with Crippen LogP contribution in [-0.4, -0.2) is 23.5 Å². The third-order valence-electron chi connectivity index (χ3n) is 3.43. The molecule has 22 heavy (non-hydrogen) atoms. The van der Waals surface area contributed by atoms with Crippen molar-refractivity contribution in [3.05, 3.63) is 46.0 Å². The second-order valence-corrected chi connectivity index (χ2v) is 5.77. The minimum Gasteiger partial charge on any atom is -0.348 e. The van der Waals surface area contributed by atoms with Crippen molar-refractivity contribution in [3.63, 3.8) is 0 Å². The van der Waals surface area contributed by atoms with Crippen LogP contribution in [0.5, 0.6) is 0 Å². The summed E-state index contributed by atoms with van der Waals surface area (Å²) in [6.45, 7) is 4.40. The van der Waals surface area contributed by atoms with Crippen LogP contribution >= 0.6 is 0 Å². The lowest BCUT2D eigenvalue weighted by atomic mass is 10.0. The van der Waals surface area contributed by atoms with Gasteiger partial charge >= 0.3 is 0 Å². The predicted octanol–water partition coefficient (Wildman–Crippen LogP) is 1.77. The van der Waals surface area contributed by atoms with Crippen LogP contribution in [0.25, 0.3) is 10.9 Å². The van der Waals surface area contributed by atoms with Gasteiger partial charge in [0.25, 0.3) is 5.91 Å². The first kappa shape index (κ1) is 16.2. The van der Waals surface area contributed by atoms with Gasteiger partial charge in [-0.3, -0.25) is 9.59 Å². The Labute approximate surface area is 127 Å². The molecule has 0 saturated carbocycles. The number of amides is 1. The molecule has 2 aromatic rings. The van der Waals surface area contributed by atoms with E-state index in [9.17, 15) is 14.0 Å². The number of nitrogens with two attached hydrogens (primary N) is 1. The molecule has 0 aliphatic carbocycles. The molecule has 1 heterocycles. The lowest BCUT2D eigenvalue weighted by Crippen LogP contribution is -2.41. The lowest BCUT2D eigenvalue weighted by molar-refractivity contribution is 0.0935. The summed E-state index contributed by atoms with van der Waals surface area (Å²) in [7, 11) is 0. The molecule has 6 heteroatoms. The van der Waals surface area contributed by atoms with Crippen molar-refractivity contribution in [2.24, 2.45) is 11.7 Å². The van der Waals surface area contributed by atoms with Gasteiger partial charge in [-0.2, -0.15) is 0 Å². The van der Waals surface area contributed by atoms with Crippen LogP contribution < -0.4 is 16.6 Å². The number of pyridine rings is 1. The first-order chi connectivity index (χ1) is 10.4. The van der Waals surface area contributed by atoms with Crippen molar-refractivity contribution in [2.45, 2.75) is 26.3 Å². The number of aromatic nitrogens is 1. The van der Waals surface area contributed by atoms with E-state index in [1.165, 1.54) is 24.3 Å². The van der Waals surface area contributed by atoms with E-state index in [1.807, 2.05) is 13.8 Å². The Hall–Kier alpha value is -2.21. The van der Waals surface area contributed by atoms with Crippen LogP contribution in [0.15, 0.2) is 29.1 Å². The second-order valence-electron chi connectivity index (χ2n) is 5.77. The molecule has 5 nitrogen and oxygen atoms in total. The van der Waals surface area contributed by atoms with Gasteiger partial charge in [-0.1, -0.05) is 13.8 Å². The van der Waals surface area contributed by atoms with Crippen LogP contribution in [0.4, 0.5) is 4.39 Å². The van der Waals surface area contributed by atoms with Gasteiger partial charge in [0.2, 0.25) is 5.56 Å². The maximum absolute atomic E-state index is 13.3. The summed E-state index contributed by atoms with van der Waals surface area (Å²) in [6, 6.07) is 4.99. The molecule has 1 unspecified atom stereocenters. The number of benzene rings is 1. The number of aromatic amines is 1. The highest BCUT2D eigenvalue weighted by molar-refractivity contribution is 6.06. The quantitative estimate of drug-likeness (QED) is 0.786. The van der Waals surface area contributed by atoms with Crippen LogP contribution in [0, 0.1) is 11.7 Å². The first-order valence-electron chi connectivity index (χ1n) is 7.24. The van der Waals surface area contributed by atoms with Gasteiger partial charge in [-0.25, -0.2) is 4.39 Å². The van der Waals surface area contributed by atoms with E-state index in [0.29, 0.717) is 23.4 Å². The molecule has 0 saturated heterocycles. The van der Waals surface area contributed by atoms with Gasteiger partial charge < -0.3 is 16.0 Å². The topological polar surface area (TPSA) is 88.0 Å². The Morgan fingerprint density at radius 3 is 2.73 bits per heavy atom. The fourth-order valence-corrected chi connectivity index (χ4v) is 2.47. The molecular weight excluding hydrogens is 285 g/mol. The molecule has 0 aliphatic rings. The number of nitrogens with one attached hydrogen (secondary N) is 2. The highest BCUT2D eigenvalue weighted by Gasteiger charge is 2.17. The molecule has 118 valence electrons. The zero-order chi connectivity index (χ0) is 16.3. The van der Waals surface area contributed by atoms with Gasteiger partial charge in [-0.05, 0) is 30.5 Å². The maximum atomic E-state index is 13.3. The van der Waals surface area contributed by atoms with E-state index in [2.05, 4.69) is 10.3 Å². The second kappa shape index (κ2) is 6.70. The highest BCUT2D eigenvalue weighted by atomic mass is 19.1. The molecule has 0 fully saturated rings. The van der Waals surface area contributed by atoms with Crippen molar-refractivity contribution in [1.29, 1.82) is 0 Å². The van der Waals surface area contributed by atoms with Crippen molar-refractivity contribution in [3.8, 4) is 0 Å². The fraction of sp³-hybridized carbons (Fsp3) is 0.375. The Kier molecular flexibility index (Phi) is 4.92. The van der Waals surface area contributed by atoms with E-state index < -0.39 is 11.4 Å². The number of hydrogen-bond acceptors (Lipinski definition) is 3. The standard InChI is InChI=1S/C16H20FN3O2/c1-9(2)5-11(8-18)19-16(22)13-7-15(21)20-14-6-10(17)3-4-12(13)14/h3-4,6-7,9,11H,5,8,18H2,1-2H3,(H,19,22)(H,20,21). The van der Waals surface area contributed by atoms with Gasteiger partial charge in [0.15, 0.2) is 0 Å². The summed E-state index contributed by atoms with van der Waals surface area (Å²) in [5.74, 6) is -0.460. The van der Waals surface area contributed by atoms with Gasteiger partial charge in [0.05, 0.1) is 11.1 Å². The first-order valence-corrected chi connectivity index (χ1v) is 7.24. The zero-order valence-corrected chi connectivity index (χ0v) is 12.7. The Balaban J connectivity index is 2.37. The van der Waals surface area contributed by atoms with Crippen LogP contribution in [-0.2, 0) is 0 Å². The molecule has 2 rings (SSSR count). The van der Waals surface area contributed by atoms with E-state index in [4.69, 9.17) is 5.73 Å². The minimum atomic E-state index is -0.472. The largest absolute Gasteiger partial charge is 0.348 e. The van der Waals surface area contributed by atoms with Crippen molar-refractivity contribution >= 4 is 16.8 Å². The number of fused-ring (bicyclic) bond motifs is 1. The molecule has 0 bridgehead atoms. The smallest absolute Gasteiger partial charge is 0.252 e. The summed E-state index contributed by atoms with van der Waals surface area (Å²) in [4.78, 5) is 26.6. The fourth-order valence-electron chi connectivity index (χ4n) is 2.47. The minimum absolute atomic E-state index is 0.165. The van der Waals surface area contributed by atoms with Gasteiger partial charge in [0, 0.05) is 24.0 Å². The van der Waals surface area contributed by atoms with Crippen LogP contribution in [0.2, 0.25) is 0 Å².